The average Bonchev–Trinajstić information content (AvgIpc) is 3.18. The van der Waals surface area contributed by atoms with Crippen LogP contribution in [0.5, 0.6) is 0 Å². The molecule has 3 rings (SSSR count). The molecule has 30 heavy (non-hydrogen) atoms. The number of rotatable bonds is 10. The first-order valence-electron chi connectivity index (χ1n) is 10.0. The quantitative estimate of drug-likeness (QED) is 0.500. The first kappa shape index (κ1) is 21.9. The Morgan fingerprint density at radius 3 is 2.63 bits per heavy atom. The van der Waals surface area contributed by atoms with Gasteiger partial charge < -0.3 is 5.11 Å². The molecule has 1 aromatic heterocycles. The van der Waals surface area contributed by atoms with Gasteiger partial charge in [-0.2, -0.15) is 0 Å². The molecule has 0 amide bonds. The van der Waals surface area contributed by atoms with Crippen LogP contribution in [0.2, 0.25) is 5.02 Å². The number of aliphatic carboxylic acids is 1. The van der Waals surface area contributed by atoms with Crippen molar-refractivity contribution in [1.29, 1.82) is 0 Å². The highest BCUT2D eigenvalue weighted by atomic mass is 35.5. The van der Waals surface area contributed by atoms with Crippen LogP contribution in [-0.4, -0.2) is 31.3 Å². The van der Waals surface area contributed by atoms with Crippen molar-refractivity contribution < 1.29 is 9.90 Å². The zero-order valence-electron chi connectivity index (χ0n) is 17.1. The van der Waals surface area contributed by atoms with Crippen LogP contribution < -0.4 is 5.32 Å². The lowest BCUT2D eigenvalue weighted by Gasteiger charge is -2.25. The van der Waals surface area contributed by atoms with Gasteiger partial charge in [-0.15, -0.1) is 5.10 Å². The van der Waals surface area contributed by atoms with Crippen LogP contribution >= 0.6 is 11.6 Å². The number of carboxylic acids is 1. The fourth-order valence-electron chi connectivity index (χ4n) is 3.40. The third-order valence-corrected chi connectivity index (χ3v) is 5.19. The molecule has 2 unspecified atom stereocenters. The zero-order chi connectivity index (χ0) is 21.5. The van der Waals surface area contributed by atoms with Gasteiger partial charge in [0.05, 0.1) is 12.5 Å². The smallest absolute Gasteiger partial charge is 0.305 e. The number of hydrogen-bond donors (Lipinski definition) is 2. The molecule has 0 spiro atoms. The van der Waals surface area contributed by atoms with Crippen molar-refractivity contribution in [1.82, 2.24) is 25.5 Å². The molecule has 158 valence electrons. The first-order valence-corrected chi connectivity index (χ1v) is 10.4. The summed E-state index contributed by atoms with van der Waals surface area (Å²) < 4.78 is 1.78. The Bertz CT molecular complexity index is 974. The largest absolute Gasteiger partial charge is 0.481 e. The van der Waals surface area contributed by atoms with E-state index in [4.69, 9.17) is 11.6 Å². The fourth-order valence-corrected chi connectivity index (χ4v) is 3.52. The first-order chi connectivity index (χ1) is 14.5. The molecule has 0 bridgehead atoms. The van der Waals surface area contributed by atoms with Crippen molar-refractivity contribution in [3.63, 3.8) is 0 Å². The second-order valence-corrected chi connectivity index (χ2v) is 7.77. The van der Waals surface area contributed by atoms with E-state index in [1.807, 2.05) is 55.5 Å². The van der Waals surface area contributed by atoms with Gasteiger partial charge >= 0.3 is 5.97 Å². The van der Waals surface area contributed by atoms with E-state index in [1.165, 1.54) is 0 Å². The Hall–Kier alpha value is -2.77. The maximum Gasteiger partial charge on any atom is 0.305 e. The van der Waals surface area contributed by atoms with Crippen LogP contribution in [0.25, 0.3) is 0 Å². The Morgan fingerprint density at radius 1 is 1.20 bits per heavy atom. The van der Waals surface area contributed by atoms with Crippen molar-refractivity contribution in [2.24, 2.45) is 0 Å². The monoisotopic (exact) mass is 427 g/mol. The molecule has 2 aromatic carbocycles. The lowest BCUT2D eigenvalue weighted by atomic mass is 9.98. The van der Waals surface area contributed by atoms with Gasteiger partial charge in [-0.1, -0.05) is 66.9 Å². The molecule has 0 fully saturated rings. The van der Waals surface area contributed by atoms with E-state index in [0.29, 0.717) is 17.4 Å². The predicted molar refractivity (Wildman–Crippen MR) is 115 cm³/mol. The fraction of sp³-hybridized carbons (Fsp3) is 0.364. The number of benzene rings is 2. The standard InChI is InChI=1S/C22H26ClN5O2/c1-3-4-12-28-22(25-26-27-28)21(16-8-10-18(23)11-9-16)24-19(14-20(29)30)17-7-5-6-15(2)13-17/h5-11,13,19,21,24H,3-4,12,14H2,1-2H3,(H,29,30). The highest BCUT2D eigenvalue weighted by Crippen LogP contribution is 2.28. The molecule has 2 atom stereocenters. The number of tetrazole rings is 1. The number of hydrogen-bond acceptors (Lipinski definition) is 5. The van der Waals surface area contributed by atoms with Crippen LogP contribution in [0, 0.1) is 6.92 Å². The van der Waals surface area contributed by atoms with Crippen molar-refractivity contribution >= 4 is 17.6 Å². The highest BCUT2D eigenvalue weighted by Gasteiger charge is 2.26. The van der Waals surface area contributed by atoms with Gasteiger partial charge in [-0.25, -0.2) is 4.68 Å². The molecule has 8 heteroatoms. The van der Waals surface area contributed by atoms with Gasteiger partial charge in [0.1, 0.15) is 0 Å². The third-order valence-electron chi connectivity index (χ3n) is 4.94. The van der Waals surface area contributed by atoms with E-state index in [9.17, 15) is 9.90 Å². The molecule has 2 N–H and O–H groups in total. The summed E-state index contributed by atoms with van der Waals surface area (Å²) in [7, 11) is 0. The lowest BCUT2D eigenvalue weighted by molar-refractivity contribution is -0.137. The van der Waals surface area contributed by atoms with Gasteiger partial charge in [-0.05, 0) is 47.0 Å². The predicted octanol–water partition coefficient (Wildman–Crippen LogP) is 4.33. The van der Waals surface area contributed by atoms with Crippen molar-refractivity contribution in [2.75, 3.05) is 0 Å². The number of aryl methyl sites for hydroxylation is 2. The van der Waals surface area contributed by atoms with E-state index in [-0.39, 0.29) is 12.5 Å². The molecule has 0 saturated carbocycles. The number of carbonyl (C=O) groups is 1. The van der Waals surface area contributed by atoms with Crippen LogP contribution in [-0.2, 0) is 11.3 Å². The summed E-state index contributed by atoms with van der Waals surface area (Å²) in [5.41, 5.74) is 2.89. The maximum atomic E-state index is 11.6. The van der Waals surface area contributed by atoms with Gasteiger partial charge in [0.25, 0.3) is 0 Å². The summed E-state index contributed by atoms with van der Waals surface area (Å²) in [5, 5.41) is 25.9. The van der Waals surface area contributed by atoms with Crippen LogP contribution in [0.3, 0.4) is 0 Å². The normalized spacial score (nSPS) is 13.2. The number of unbranched alkanes of at least 4 members (excludes halogenated alkanes) is 1. The molecular weight excluding hydrogens is 402 g/mol. The zero-order valence-corrected chi connectivity index (χ0v) is 17.9. The number of nitrogens with one attached hydrogen (secondary N) is 1. The van der Waals surface area contributed by atoms with Crippen molar-refractivity contribution in [2.45, 2.75) is 51.7 Å². The van der Waals surface area contributed by atoms with Crippen LogP contribution in [0.1, 0.15) is 60.8 Å². The maximum absolute atomic E-state index is 11.6. The molecule has 1 heterocycles. The van der Waals surface area contributed by atoms with Crippen LogP contribution in [0.4, 0.5) is 0 Å². The number of aromatic nitrogens is 4. The minimum absolute atomic E-state index is 0.0654. The Kier molecular flexibility index (Phi) is 7.54. The summed E-state index contributed by atoms with van der Waals surface area (Å²) in [6.07, 6.45) is 1.90. The summed E-state index contributed by atoms with van der Waals surface area (Å²) in [6, 6.07) is 14.5. The minimum atomic E-state index is -0.880. The molecule has 0 aliphatic carbocycles. The number of carboxylic acid groups (broad SMARTS) is 1. The molecular formula is C22H26ClN5O2. The number of nitrogens with zero attached hydrogens (tertiary/aromatic N) is 4. The average molecular weight is 428 g/mol. The van der Waals surface area contributed by atoms with E-state index in [0.717, 1.165) is 29.5 Å². The van der Waals surface area contributed by atoms with Gasteiger partial charge in [-0.3, -0.25) is 10.1 Å². The lowest BCUT2D eigenvalue weighted by Crippen LogP contribution is -2.31. The molecule has 7 nitrogen and oxygen atoms in total. The van der Waals surface area contributed by atoms with Crippen molar-refractivity contribution in [3.8, 4) is 0 Å². The van der Waals surface area contributed by atoms with Crippen LogP contribution in [0.15, 0.2) is 48.5 Å². The van der Waals surface area contributed by atoms with E-state index >= 15 is 0 Å². The summed E-state index contributed by atoms with van der Waals surface area (Å²) in [6.45, 7) is 4.79. The van der Waals surface area contributed by atoms with E-state index < -0.39 is 12.0 Å². The van der Waals surface area contributed by atoms with E-state index in [2.05, 4.69) is 27.8 Å². The number of halogens is 1. The summed E-state index contributed by atoms with van der Waals surface area (Å²) in [5.74, 6) is -0.233. The minimum Gasteiger partial charge on any atom is -0.481 e. The summed E-state index contributed by atoms with van der Waals surface area (Å²) in [4.78, 5) is 11.6. The Balaban J connectivity index is 2.01. The third kappa shape index (κ3) is 5.64. The van der Waals surface area contributed by atoms with Gasteiger partial charge in [0.2, 0.25) is 0 Å². The summed E-state index contributed by atoms with van der Waals surface area (Å²) >= 11 is 6.09. The molecule has 0 radical (unpaired) electrons. The second kappa shape index (κ2) is 10.3. The molecule has 0 aliphatic rings. The van der Waals surface area contributed by atoms with Gasteiger partial charge in [0.15, 0.2) is 5.82 Å². The van der Waals surface area contributed by atoms with E-state index in [1.54, 1.807) is 4.68 Å². The SMILES string of the molecule is CCCCn1nnnc1C(NC(CC(=O)O)c1cccc(C)c1)c1ccc(Cl)cc1. The Morgan fingerprint density at radius 2 is 1.97 bits per heavy atom. The van der Waals surface area contributed by atoms with Gasteiger partial charge in [0, 0.05) is 17.6 Å². The second-order valence-electron chi connectivity index (χ2n) is 7.33. The Labute approximate surface area is 181 Å². The van der Waals surface area contributed by atoms with Crippen molar-refractivity contribution in [3.05, 3.63) is 76.1 Å². The molecule has 3 aromatic rings. The molecule has 0 aliphatic heterocycles. The highest BCUT2D eigenvalue weighted by molar-refractivity contribution is 6.30. The molecule has 0 saturated heterocycles. The topological polar surface area (TPSA) is 92.9 Å².